The van der Waals surface area contributed by atoms with Crippen LogP contribution in [0.4, 0.5) is 5.69 Å². The number of aromatic nitrogens is 1. The van der Waals surface area contributed by atoms with Crippen molar-refractivity contribution in [2.45, 2.75) is 32.6 Å². The molecule has 0 fully saturated rings. The Morgan fingerprint density at radius 3 is 2.29 bits per heavy atom. The molecule has 1 heterocycles. The smallest absolute Gasteiger partial charge is 0.312 e. The molecule has 9 nitrogen and oxygen atoms in total. The monoisotopic (exact) mass is 485 g/mol. The summed E-state index contributed by atoms with van der Waals surface area (Å²) >= 11 is 0. The molecule has 34 heavy (non-hydrogen) atoms. The first kappa shape index (κ1) is 25.1. The Labute approximate surface area is 198 Å². The number of hydrogen-bond acceptors (Lipinski definition) is 6. The van der Waals surface area contributed by atoms with Crippen molar-refractivity contribution in [2.24, 2.45) is 0 Å². The fraction of sp³-hybridized carbons (Fsp3) is 0.292. The molecule has 0 atom stereocenters. The van der Waals surface area contributed by atoms with E-state index in [1.165, 1.54) is 16.4 Å². The summed E-state index contributed by atoms with van der Waals surface area (Å²) in [4.78, 5) is 23.6. The minimum Gasteiger partial charge on any atom is -0.478 e. The summed E-state index contributed by atoms with van der Waals surface area (Å²) in [7, 11) is -3.88. The van der Waals surface area contributed by atoms with Crippen LogP contribution in [-0.2, 0) is 10.0 Å². The van der Waals surface area contributed by atoms with Crippen molar-refractivity contribution in [3.05, 3.63) is 81.7 Å². The predicted molar refractivity (Wildman–Crippen MR) is 128 cm³/mol. The Balaban J connectivity index is 1.86. The number of carbonyl (C=O) groups is 1. The number of aryl methyl sites for hydroxylation is 1. The van der Waals surface area contributed by atoms with Gasteiger partial charge in [-0.15, -0.1) is 0 Å². The number of nitrogens with zero attached hydrogens (tertiary/aromatic N) is 3. The molecule has 0 N–H and O–H groups in total. The highest BCUT2D eigenvalue weighted by molar-refractivity contribution is 7.89. The first-order valence-electron chi connectivity index (χ1n) is 10.8. The zero-order valence-corrected chi connectivity index (χ0v) is 20.3. The molecule has 0 unspecified atom stereocenters. The molecule has 0 amide bonds. The summed E-state index contributed by atoms with van der Waals surface area (Å²) in [5, 5.41) is 11.6. The number of nitro groups is 1. The Kier molecular flexibility index (Phi) is 7.53. The van der Waals surface area contributed by atoms with Gasteiger partial charge in [0.25, 0.3) is 0 Å². The second-order valence-corrected chi connectivity index (χ2v) is 9.58. The molecule has 0 aliphatic heterocycles. The lowest BCUT2D eigenvalue weighted by atomic mass is 10.1. The maximum atomic E-state index is 12.9. The summed E-state index contributed by atoms with van der Waals surface area (Å²) in [6.45, 7) is 7.13. The van der Waals surface area contributed by atoms with Crippen molar-refractivity contribution in [2.75, 3.05) is 19.7 Å². The molecule has 180 valence electrons. The van der Waals surface area contributed by atoms with E-state index in [1.807, 2.05) is 48.7 Å². The van der Waals surface area contributed by atoms with Crippen LogP contribution in [0, 0.1) is 24.0 Å². The normalized spacial score (nSPS) is 11.6. The molecule has 10 heteroatoms. The van der Waals surface area contributed by atoms with E-state index in [1.54, 1.807) is 19.9 Å². The number of nitro benzene ring substituents is 1. The van der Waals surface area contributed by atoms with E-state index in [9.17, 15) is 23.3 Å². The molecule has 0 saturated carbocycles. The predicted octanol–water partition coefficient (Wildman–Crippen LogP) is 4.29. The van der Waals surface area contributed by atoms with Crippen LogP contribution >= 0.6 is 0 Å². The van der Waals surface area contributed by atoms with Gasteiger partial charge in [0.2, 0.25) is 15.8 Å². The number of hydrogen-bond donors (Lipinski definition) is 0. The van der Waals surface area contributed by atoms with Gasteiger partial charge in [-0.25, -0.2) is 8.42 Å². The molecule has 1 aromatic heterocycles. The van der Waals surface area contributed by atoms with Gasteiger partial charge in [-0.1, -0.05) is 32.0 Å². The number of rotatable bonds is 10. The average molecular weight is 486 g/mol. The SMILES string of the molecule is CCN(CC)S(=O)(=O)c1ccc(OCC(=O)c2cc(C)n(-c3ccccc3)c2C)c([N+](=O)[O-])c1. The molecule has 0 bridgehead atoms. The standard InChI is InChI=1S/C24H27N3O6S/c1-5-25(6-2)34(31,32)20-12-13-24(22(15-20)27(29)30)33-16-23(28)21-14-17(3)26(18(21)4)19-10-8-7-9-11-19/h7-15H,5-6,16H2,1-4H3. The fourth-order valence-corrected chi connectivity index (χ4v) is 5.35. The average Bonchev–Trinajstić information content (AvgIpc) is 3.12. The van der Waals surface area contributed by atoms with Crippen molar-refractivity contribution in [1.29, 1.82) is 0 Å². The van der Waals surface area contributed by atoms with Crippen LogP contribution in [0.1, 0.15) is 35.6 Å². The molecule has 0 spiro atoms. The number of sulfonamides is 1. The molecule has 0 saturated heterocycles. The summed E-state index contributed by atoms with van der Waals surface area (Å²) in [6, 6.07) is 14.8. The van der Waals surface area contributed by atoms with E-state index < -0.39 is 27.2 Å². The quantitative estimate of drug-likeness (QED) is 0.241. The number of ether oxygens (including phenoxy) is 1. The van der Waals surface area contributed by atoms with Crippen LogP contribution in [0.25, 0.3) is 5.69 Å². The minimum atomic E-state index is -3.88. The van der Waals surface area contributed by atoms with Gasteiger partial charge >= 0.3 is 5.69 Å². The molecular weight excluding hydrogens is 458 g/mol. The van der Waals surface area contributed by atoms with Crippen LogP contribution in [-0.4, -0.2) is 47.7 Å². The number of Topliss-reactive ketones (excluding diaryl/α,β-unsaturated/α-hetero) is 1. The Morgan fingerprint density at radius 1 is 1.06 bits per heavy atom. The van der Waals surface area contributed by atoms with E-state index in [4.69, 9.17) is 4.74 Å². The summed E-state index contributed by atoms with van der Waals surface area (Å²) in [6.07, 6.45) is 0. The summed E-state index contributed by atoms with van der Waals surface area (Å²) < 4.78 is 34.1. The lowest BCUT2D eigenvalue weighted by Crippen LogP contribution is -2.30. The van der Waals surface area contributed by atoms with Crippen LogP contribution in [0.5, 0.6) is 5.75 Å². The third-order valence-electron chi connectivity index (χ3n) is 5.57. The minimum absolute atomic E-state index is 0.172. The second-order valence-electron chi connectivity index (χ2n) is 7.64. The topological polar surface area (TPSA) is 112 Å². The van der Waals surface area contributed by atoms with Crippen molar-refractivity contribution in [3.8, 4) is 11.4 Å². The maximum absolute atomic E-state index is 12.9. The molecule has 3 aromatic rings. The zero-order valence-electron chi connectivity index (χ0n) is 19.5. The van der Waals surface area contributed by atoms with Gasteiger partial charge in [0, 0.05) is 41.8 Å². The third-order valence-corrected chi connectivity index (χ3v) is 7.62. The molecule has 0 aliphatic carbocycles. The summed E-state index contributed by atoms with van der Waals surface area (Å²) in [5.41, 5.74) is 2.44. The molecule has 3 rings (SSSR count). The number of benzene rings is 2. The van der Waals surface area contributed by atoms with Gasteiger partial charge in [0.05, 0.1) is 9.82 Å². The fourth-order valence-electron chi connectivity index (χ4n) is 3.88. The Bertz CT molecular complexity index is 1310. The largest absolute Gasteiger partial charge is 0.478 e. The van der Waals surface area contributed by atoms with Gasteiger partial charge in [0.1, 0.15) is 0 Å². The highest BCUT2D eigenvalue weighted by Gasteiger charge is 2.27. The van der Waals surface area contributed by atoms with Crippen LogP contribution < -0.4 is 4.74 Å². The number of ketones is 1. The van der Waals surface area contributed by atoms with Gasteiger partial charge in [0.15, 0.2) is 12.4 Å². The van der Waals surface area contributed by atoms with Crippen molar-refractivity contribution in [1.82, 2.24) is 8.87 Å². The van der Waals surface area contributed by atoms with Gasteiger partial charge in [-0.05, 0) is 44.2 Å². The summed E-state index contributed by atoms with van der Waals surface area (Å²) in [5.74, 6) is -0.516. The van der Waals surface area contributed by atoms with E-state index in [2.05, 4.69) is 0 Å². The number of para-hydroxylation sites is 1. The molecule has 0 radical (unpaired) electrons. The van der Waals surface area contributed by atoms with E-state index in [0.717, 1.165) is 23.1 Å². The van der Waals surface area contributed by atoms with Crippen LogP contribution in [0.15, 0.2) is 59.5 Å². The molecule has 0 aliphatic rings. The lowest BCUT2D eigenvalue weighted by molar-refractivity contribution is -0.386. The molecule has 2 aromatic carbocycles. The van der Waals surface area contributed by atoms with E-state index >= 15 is 0 Å². The van der Waals surface area contributed by atoms with E-state index in [-0.39, 0.29) is 29.5 Å². The van der Waals surface area contributed by atoms with Crippen molar-refractivity contribution >= 4 is 21.5 Å². The molecular formula is C24H27N3O6S. The van der Waals surface area contributed by atoms with Crippen LogP contribution in [0.3, 0.4) is 0 Å². The van der Waals surface area contributed by atoms with Crippen LogP contribution in [0.2, 0.25) is 0 Å². The zero-order chi connectivity index (χ0) is 25.0. The van der Waals surface area contributed by atoms with Gasteiger partial charge in [-0.3, -0.25) is 14.9 Å². The first-order chi connectivity index (χ1) is 16.1. The first-order valence-corrected chi connectivity index (χ1v) is 12.2. The third kappa shape index (κ3) is 4.87. The van der Waals surface area contributed by atoms with E-state index in [0.29, 0.717) is 5.56 Å². The Hall–Kier alpha value is -3.50. The maximum Gasteiger partial charge on any atom is 0.312 e. The highest BCUT2D eigenvalue weighted by Crippen LogP contribution is 2.31. The van der Waals surface area contributed by atoms with Gasteiger partial charge in [-0.2, -0.15) is 4.31 Å². The number of carbonyl (C=O) groups excluding carboxylic acids is 1. The Morgan fingerprint density at radius 2 is 1.71 bits per heavy atom. The van der Waals surface area contributed by atoms with Crippen molar-refractivity contribution in [3.63, 3.8) is 0 Å². The lowest BCUT2D eigenvalue weighted by Gasteiger charge is -2.18. The highest BCUT2D eigenvalue weighted by atomic mass is 32.2. The van der Waals surface area contributed by atoms with Crippen molar-refractivity contribution < 1.29 is 22.9 Å². The van der Waals surface area contributed by atoms with Gasteiger partial charge < -0.3 is 9.30 Å². The second kappa shape index (κ2) is 10.2.